The number of nitrogens with one attached hydrogen (secondary N) is 2. The second-order valence-electron chi connectivity index (χ2n) is 9.91. The Hall–Kier alpha value is -4.97. The van der Waals surface area contributed by atoms with Gasteiger partial charge in [-0.3, -0.25) is 9.59 Å². The van der Waals surface area contributed by atoms with Crippen molar-refractivity contribution < 1.29 is 28.3 Å². The number of carboxylic acids is 1. The van der Waals surface area contributed by atoms with Crippen LogP contribution >= 0.6 is 11.3 Å². The molecule has 0 unspecified atom stereocenters. The van der Waals surface area contributed by atoms with E-state index >= 15 is 0 Å². The lowest BCUT2D eigenvalue weighted by Gasteiger charge is -2.16. The molecular formula is C30H23F2N5O4S. The first-order valence-corrected chi connectivity index (χ1v) is 13.9. The van der Waals surface area contributed by atoms with Crippen LogP contribution in [0.15, 0.2) is 60.0 Å². The standard InChI is InChI=1S/C30H23F2N5O4S/c1-15-17-7-9-22(19(17)6-5-18(15)30(40)41)35-29(39)25-12-24(28(38)33-14-16-4-8-20(31)21(32)11-16)34-27-13-23(36-37(25)27)26-3-2-10-42-26/h2-6,8,10-13,22H,7,9,14H2,1H3,(H,33,38)(H,35,39)(H,40,41)/t22-/m0/s1. The van der Waals surface area contributed by atoms with Crippen LogP contribution in [0.25, 0.3) is 16.2 Å². The molecule has 3 heterocycles. The predicted octanol–water partition coefficient (Wildman–Crippen LogP) is 5.09. The molecular weight excluding hydrogens is 564 g/mol. The van der Waals surface area contributed by atoms with Crippen molar-refractivity contribution in [2.45, 2.75) is 32.4 Å². The quantitative estimate of drug-likeness (QED) is 0.244. The second kappa shape index (κ2) is 10.8. The van der Waals surface area contributed by atoms with E-state index in [0.717, 1.165) is 28.1 Å². The molecule has 0 fully saturated rings. The maximum absolute atomic E-state index is 13.7. The molecule has 42 heavy (non-hydrogen) atoms. The van der Waals surface area contributed by atoms with E-state index in [-0.39, 0.29) is 35.2 Å². The normalized spacial score (nSPS) is 14.1. The second-order valence-corrected chi connectivity index (χ2v) is 10.9. The van der Waals surface area contributed by atoms with Crippen molar-refractivity contribution >= 4 is 34.8 Å². The fraction of sp³-hybridized carbons (Fsp3) is 0.167. The Kier molecular flexibility index (Phi) is 6.99. The smallest absolute Gasteiger partial charge is 0.335 e. The third kappa shape index (κ3) is 5.00. The number of aromatic carboxylic acids is 1. The first-order chi connectivity index (χ1) is 20.2. The Morgan fingerprint density at radius 1 is 1.07 bits per heavy atom. The average molecular weight is 588 g/mol. The molecule has 0 bridgehead atoms. The lowest BCUT2D eigenvalue weighted by Crippen LogP contribution is -2.30. The number of halogens is 2. The van der Waals surface area contributed by atoms with Gasteiger partial charge in [0.05, 0.1) is 16.5 Å². The van der Waals surface area contributed by atoms with Gasteiger partial charge in [0.1, 0.15) is 17.1 Å². The van der Waals surface area contributed by atoms with Gasteiger partial charge in [0.2, 0.25) is 0 Å². The molecule has 3 N–H and O–H groups in total. The van der Waals surface area contributed by atoms with Crippen LogP contribution in [0, 0.1) is 18.6 Å². The van der Waals surface area contributed by atoms with Crippen LogP contribution in [0.4, 0.5) is 8.78 Å². The zero-order valence-electron chi connectivity index (χ0n) is 22.1. The number of carbonyl (C=O) groups is 3. The fourth-order valence-electron chi connectivity index (χ4n) is 5.21. The number of fused-ring (bicyclic) bond motifs is 2. The SMILES string of the molecule is Cc1c(C(=O)O)ccc2c1CC[C@@H]2NC(=O)c1cc(C(=O)NCc2ccc(F)c(F)c2)nc2cc(-c3cccs3)nn12. The van der Waals surface area contributed by atoms with Gasteiger partial charge >= 0.3 is 5.97 Å². The Morgan fingerprint density at radius 3 is 2.64 bits per heavy atom. The van der Waals surface area contributed by atoms with E-state index in [4.69, 9.17) is 0 Å². The summed E-state index contributed by atoms with van der Waals surface area (Å²) in [5.74, 6) is -4.12. The fourth-order valence-corrected chi connectivity index (χ4v) is 5.90. The van der Waals surface area contributed by atoms with Gasteiger partial charge in [0.25, 0.3) is 11.8 Å². The number of amides is 2. The Bertz CT molecular complexity index is 1890. The predicted molar refractivity (Wildman–Crippen MR) is 150 cm³/mol. The van der Waals surface area contributed by atoms with Crippen molar-refractivity contribution in [3.8, 4) is 10.6 Å². The van der Waals surface area contributed by atoms with E-state index in [1.54, 1.807) is 25.1 Å². The molecule has 0 aliphatic heterocycles. The monoisotopic (exact) mass is 587 g/mol. The third-order valence-corrected chi connectivity index (χ3v) is 8.22. The molecule has 0 saturated carbocycles. The molecule has 0 spiro atoms. The average Bonchev–Trinajstić information content (AvgIpc) is 3.73. The Morgan fingerprint density at radius 2 is 1.90 bits per heavy atom. The van der Waals surface area contributed by atoms with Gasteiger partial charge in [0.15, 0.2) is 17.3 Å². The van der Waals surface area contributed by atoms with Crippen molar-refractivity contribution in [2.75, 3.05) is 0 Å². The minimum Gasteiger partial charge on any atom is -0.478 e. The molecule has 12 heteroatoms. The lowest BCUT2D eigenvalue weighted by atomic mass is 9.98. The zero-order valence-corrected chi connectivity index (χ0v) is 23.0. The molecule has 9 nitrogen and oxygen atoms in total. The number of nitrogens with zero attached hydrogens (tertiary/aromatic N) is 3. The first-order valence-electron chi connectivity index (χ1n) is 13.0. The molecule has 3 aromatic heterocycles. The molecule has 2 aromatic carbocycles. The van der Waals surface area contributed by atoms with Crippen LogP contribution in [-0.4, -0.2) is 37.5 Å². The zero-order chi connectivity index (χ0) is 29.5. The minimum atomic E-state index is -1.02. The van der Waals surface area contributed by atoms with Gasteiger partial charge in [-0.1, -0.05) is 18.2 Å². The molecule has 1 aliphatic carbocycles. The highest BCUT2D eigenvalue weighted by atomic mass is 32.1. The third-order valence-electron chi connectivity index (χ3n) is 7.33. The van der Waals surface area contributed by atoms with Crippen molar-refractivity contribution in [2.24, 2.45) is 0 Å². The number of hydrogen-bond donors (Lipinski definition) is 3. The summed E-state index contributed by atoms with van der Waals surface area (Å²) >= 11 is 1.46. The summed E-state index contributed by atoms with van der Waals surface area (Å²) in [6.45, 7) is 1.68. The van der Waals surface area contributed by atoms with Crippen molar-refractivity contribution in [3.05, 3.63) is 111 Å². The summed E-state index contributed by atoms with van der Waals surface area (Å²) in [5, 5.41) is 21.6. The summed E-state index contributed by atoms with van der Waals surface area (Å²) in [4.78, 5) is 43.7. The number of rotatable bonds is 7. The molecule has 1 atom stereocenters. The number of carbonyl (C=O) groups excluding carboxylic acids is 2. The Labute approximate surface area is 241 Å². The highest BCUT2D eigenvalue weighted by molar-refractivity contribution is 7.13. The summed E-state index contributed by atoms with van der Waals surface area (Å²) in [6.07, 6.45) is 1.20. The maximum atomic E-state index is 13.7. The van der Waals surface area contributed by atoms with Crippen LogP contribution in [0.3, 0.4) is 0 Å². The Balaban J connectivity index is 1.32. The van der Waals surface area contributed by atoms with Crippen molar-refractivity contribution in [3.63, 3.8) is 0 Å². The van der Waals surface area contributed by atoms with Crippen molar-refractivity contribution in [1.82, 2.24) is 25.2 Å². The molecule has 0 radical (unpaired) electrons. The van der Waals surface area contributed by atoms with Gasteiger partial charge in [-0.05, 0) is 71.7 Å². The van der Waals surface area contributed by atoms with E-state index < -0.39 is 29.4 Å². The van der Waals surface area contributed by atoms with Gasteiger partial charge in [-0.15, -0.1) is 11.3 Å². The number of aromatic nitrogens is 3. The van der Waals surface area contributed by atoms with Crippen LogP contribution in [0.5, 0.6) is 0 Å². The van der Waals surface area contributed by atoms with E-state index in [2.05, 4.69) is 20.7 Å². The number of thiophene rings is 1. The van der Waals surface area contributed by atoms with Gasteiger partial charge < -0.3 is 15.7 Å². The van der Waals surface area contributed by atoms with E-state index in [0.29, 0.717) is 29.7 Å². The number of benzene rings is 2. The molecule has 5 aromatic rings. The highest BCUT2D eigenvalue weighted by Crippen LogP contribution is 2.35. The molecule has 6 rings (SSSR count). The topological polar surface area (TPSA) is 126 Å². The minimum absolute atomic E-state index is 0.0540. The summed E-state index contributed by atoms with van der Waals surface area (Å²) in [7, 11) is 0. The van der Waals surface area contributed by atoms with E-state index in [9.17, 15) is 28.3 Å². The number of hydrogen-bond acceptors (Lipinski definition) is 6. The molecule has 0 saturated heterocycles. The molecule has 212 valence electrons. The summed E-state index contributed by atoms with van der Waals surface area (Å²) < 4.78 is 28.3. The lowest BCUT2D eigenvalue weighted by molar-refractivity contribution is 0.0695. The first kappa shape index (κ1) is 27.2. The molecule has 2 amide bonds. The van der Waals surface area contributed by atoms with Crippen LogP contribution in [0.1, 0.15) is 66.1 Å². The molecule has 1 aliphatic rings. The number of carboxylic acid groups (broad SMARTS) is 1. The van der Waals surface area contributed by atoms with Crippen molar-refractivity contribution in [1.29, 1.82) is 0 Å². The summed E-state index contributed by atoms with van der Waals surface area (Å²) in [5.41, 5.74) is 3.88. The summed E-state index contributed by atoms with van der Waals surface area (Å²) in [6, 6.07) is 13.0. The van der Waals surface area contributed by atoms with Crippen LogP contribution < -0.4 is 10.6 Å². The van der Waals surface area contributed by atoms with Gasteiger partial charge in [-0.25, -0.2) is 23.1 Å². The largest absolute Gasteiger partial charge is 0.478 e. The van der Waals surface area contributed by atoms with Crippen LogP contribution in [-0.2, 0) is 13.0 Å². The maximum Gasteiger partial charge on any atom is 0.335 e. The van der Waals surface area contributed by atoms with E-state index in [1.807, 2.05) is 17.5 Å². The van der Waals surface area contributed by atoms with E-state index in [1.165, 1.54) is 28.0 Å². The van der Waals surface area contributed by atoms with Crippen LogP contribution in [0.2, 0.25) is 0 Å². The van der Waals surface area contributed by atoms with Gasteiger partial charge in [-0.2, -0.15) is 5.10 Å². The van der Waals surface area contributed by atoms with Gasteiger partial charge in [0, 0.05) is 18.7 Å². The highest BCUT2D eigenvalue weighted by Gasteiger charge is 2.29.